The van der Waals surface area contributed by atoms with Crippen molar-refractivity contribution in [2.45, 2.75) is 63.3 Å². The molecule has 0 saturated carbocycles. The monoisotopic (exact) mass is 925 g/mol. The van der Waals surface area contributed by atoms with Crippen LogP contribution in [-0.4, -0.2) is 62.7 Å². The fourth-order valence-corrected chi connectivity index (χ4v) is 9.42. The Balaban J connectivity index is 1.06. The molecule has 3 atom stereocenters. The SMILES string of the molecule is C[C@H]1CC(F)(F)C(NCC(=O)N[C@@H](Cc2cc(F)cc(F)c2)c2nc3nc(C#Cc4ccc(-c5c[nH]c([C@@H]6CCCN6)n5)cc4)sc3cc2-c2ccc3c(c2)C(=O)NC3)=C1C(=N)C(F)(F)F. The standard InChI is InChI=1S/C47H38F7N9O2S/c1-23-19-46(50,51)42(39(23)41(55)47(52,53)54)57-22-37(64)60-34(15-25-13-29(48)17-30(49)14-25)40-31(27-9-10-28-20-59-45(65)32(28)16-27)18-36-44(63-40)62-38(66-36)11-6-24-4-7-26(8-5-24)35-21-58-43(61-35)33-3-2-12-56-33/h4-5,7-10,13-14,16-18,21,23,33-34,55-57H,2-3,12,15,19-20,22H2,1H3,(H,58,61)(H,59,65)(H,60,64)/t23-,33-,34-/m0/s1. The Kier molecular flexibility index (Phi) is 11.7. The number of hydrogen-bond acceptors (Lipinski definition) is 9. The number of fused-ring (bicyclic) bond motifs is 2. The first-order valence-corrected chi connectivity index (χ1v) is 21.7. The summed E-state index contributed by atoms with van der Waals surface area (Å²) in [4.78, 5) is 44.1. The zero-order valence-electron chi connectivity index (χ0n) is 34.8. The van der Waals surface area contributed by atoms with Gasteiger partial charge in [0.25, 0.3) is 11.8 Å². The van der Waals surface area contributed by atoms with Crippen LogP contribution < -0.4 is 21.3 Å². The van der Waals surface area contributed by atoms with E-state index in [9.17, 15) is 31.5 Å². The molecule has 1 aliphatic carbocycles. The second kappa shape index (κ2) is 17.5. The van der Waals surface area contributed by atoms with E-state index >= 15 is 8.78 Å². The van der Waals surface area contributed by atoms with Crippen LogP contribution >= 0.6 is 11.3 Å². The molecular formula is C47H38F7N9O2S. The van der Waals surface area contributed by atoms with Crippen molar-refractivity contribution in [1.82, 2.24) is 41.2 Å². The molecule has 6 aromatic rings. The highest BCUT2D eigenvalue weighted by atomic mass is 32.1. The highest BCUT2D eigenvalue weighted by Crippen LogP contribution is 2.45. The normalized spacial score (nSPS) is 18.2. The Morgan fingerprint density at radius 3 is 2.47 bits per heavy atom. The molecule has 19 heteroatoms. The minimum Gasteiger partial charge on any atom is -0.374 e. The minimum absolute atomic E-state index is 0.0705. The Morgan fingerprint density at radius 1 is 0.985 bits per heavy atom. The summed E-state index contributed by atoms with van der Waals surface area (Å²) < 4.78 is 101. The van der Waals surface area contributed by atoms with E-state index < -0.39 is 71.5 Å². The van der Waals surface area contributed by atoms with Crippen molar-refractivity contribution < 1.29 is 40.3 Å². The number of carbonyl (C=O) groups is 2. The van der Waals surface area contributed by atoms with Crippen molar-refractivity contribution in [3.05, 3.63) is 135 Å². The first-order valence-electron chi connectivity index (χ1n) is 20.9. The van der Waals surface area contributed by atoms with Crippen molar-refractivity contribution in [3.63, 3.8) is 0 Å². The van der Waals surface area contributed by atoms with Gasteiger partial charge in [-0.05, 0) is 90.7 Å². The van der Waals surface area contributed by atoms with Gasteiger partial charge in [-0.15, -0.1) is 11.3 Å². The molecule has 5 heterocycles. The van der Waals surface area contributed by atoms with Crippen molar-refractivity contribution in [3.8, 4) is 34.2 Å². The number of benzene rings is 3. The van der Waals surface area contributed by atoms with Crippen LogP contribution in [0, 0.1) is 34.8 Å². The van der Waals surface area contributed by atoms with Crippen LogP contribution in [0.15, 0.2) is 84.2 Å². The molecular weight excluding hydrogens is 888 g/mol. The third-order valence-electron chi connectivity index (χ3n) is 11.7. The van der Waals surface area contributed by atoms with Crippen LogP contribution in [0.4, 0.5) is 30.7 Å². The maximum absolute atomic E-state index is 15.1. The number of aromatic nitrogens is 4. The number of pyridine rings is 1. The number of aromatic amines is 1. The predicted octanol–water partition coefficient (Wildman–Crippen LogP) is 8.60. The Bertz CT molecular complexity index is 3000. The van der Waals surface area contributed by atoms with Crippen LogP contribution in [0.25, 0.3) is 32.7 Å². The lowest BCUT2D eigenvalue weighted by Gasteiger charge is -2.23. The van der Waals surface area contributed by atoms with E-state index in [-0.39, 0.29) is 35.3 Å². The number of nitrogens with zero attached hydrogens (tertiary/aromatic N) is 3. The zero-order chi connectivity index (χ0) is 46.5. The number of allylic oxidation sites excluding steroid dienone is 2. The molecule has 338 valence electrons. The van der Waals surface area contributed by atoms with Crippen LogP contribution in [-0.2, 0) is 17.8 Å². The molecule has 9 rings (SSSR count). The average molecular weight is 926 g/mol. The van der Waals surface area contributed by atoms with E-state index in [1.807, 2.05) is 30.5 Å². The lowest BCUT2D eigenvalue weighted by Crippen LogP contribution is -2.40. The lowest BCUT2D eigenvalue weighted by atomic mass is 9.93. The number of nitrogens with one attached hydrogen (secondary N) is 6. The largest absolute Gasteiger partial charge is 0.433 e. The van der Waals surface area contributed by atoms with E-state index in [1.165, 1.54) is 11.3 Å². The number of thiazole rings is 1. The predicted molar refractivity (Wildman–Crippen MR) is 232 cm³/mol. The summed E-state index contributed by atoms with van der Waals surface area (Å²) in [6.45, 7) is 1.43. The first kappa shape index (κ1) is 44.3. The second-order valence-corrected chi connectivity index (χ2v) is 17.4. The third kappa shape index (κ3) is 9.15. The Labute approximate surface area is 376 Å². The fourth-order valence-electron chi connectivity index (χ4n) is 8.61. The summed E-state index contributed by atoms with van der Waals surface area (Å²) in [7, 11) is 0. The van der Waals surface area contributed by atoms with Gasteiger partial charge in [-0.25, -0.2) is 23.7 Å². The second-order valence-electron chi connectivity index (χ2n) is 16.4. The fraction of sp³-hybridized carbons (Fsp3) is 0.277. The summed E-state index contributed by atoms with van der Waals surface area (Å²) in [6, 6.07) is 16.1. The van der Waals surface area contributed by atoms with E-state index in [4.69, 9.17) is 15.4 Å². The number of rotatable bonds is 11. The molecule has 1 fully saturated rings. The molecule has 0 bridgehead atoms. The van der Waals surface area contributed by atoms with Gasteiger partial charge in [-0.1, -0.05) is 37.1 Å². The van der Waals surface area contributed by atoms with Crippen molar-refractivity contribution in [2.24, 2.45) is 5.92 Å². The van der Waals surface area contributed by atoms with Crippen molar-refractivity contribution in [2.75, 3.05) is 13.1 Å². The highest BCUT2D eigenvalue weighted by molar-refractivity contribution is 7.19. The van der Waals surface area contributed by atoms with Gasteiger partial charge in [0.2, 0.25) is 5.91 Å². The summed E-state index contributed by atoms with van der Waals surface area (Å²) >= 11 is 1.22. The summed E-state index contributed by atoms with van der Waals surface area (Å²) in [5, 5.41) is 19.1. The van der Waals surface area contributed by atoms with Gasteiger partial charge in [0.15, 0.2) is 10.7 Å². The highest BCUT2D eigenvalue weighted by Gasteiger charge is 2.51. The van der Waals surface area contributed by atoms with E-state index in [0.717, 1.165) is 61.1 Å². The van der Waals surface area contributed by atoms with Crippen LogP contribution in [0.1, 0.15) is 81.8 Å². The molecule has 6 N–H and O–H groups in total. The molecule has 3 aliphatic rings. The number of imidazole rings is 1. The van der Waals surface area contributed by atoms with Gasteiger partial charge < -0.3 is 26.3 Å². The van der Waals surface area contributed by atoms with Crippen molar-refractivity contribution >= 4 is 39.2 Å². The molecule has 11 nitrogen and oxygen atoms in total. The number of hydrogen-bond donors (Lipinski definition) is 6. The maximum atomic E-state index is 15.1. The van der Waals surface area contributed by atoms with Gasteiger partial charge in [-0.2, -0.15) is 22.0 Å². The Hall–Kier alpha value is -6.91. The van der Waals surface area contributed by atoms with E-state index in [0.29, 0.717) is 44.6 Å². The molecule has 2 amide bonds. The molecule has 0 unspecified atom stereocenters. The molecule has 3 aromatic heterocycles. The summed E-state index contributed by atoms with van der Waals surface area (Å²) in [6.07, 6.45) is -2.57. The van der Waals surface area contributed by atoms with Gasteiger partial charge in [0, 0.05) is 53.1 Å². The van der Waals surface area contributed by atoms with Crippen molar-refractivity contribution in [1.29, 1.82) is 5.41 Å². The summed E-state index contributed by atoms with van der Waals surface area (Å²) in [5.74, 6) is -1.22. The number of halogens is 7. The molecule has 2 aliphatic heterocycles. The molecule has 0 radical (unpaired) electrons. The Morgan fingerprint density at radius 2 is 1.74 bits per heavy atom. The number of carbonyl (C=O) groups excluding carboxylic acids is 2. The maximum Gasteiger partial charge on any atom is 0.433 e. The van der Waals surface area contributed by atoms with E-state index in [1.54, 1.807) is 24.3 Å². The smallest absolute Gasteiger partial charge is 0.374 e. The number of H-pyrrole nitrogens is 1. The zero-order valence-corrected chi connectivity index (χ0v) is 35.6. The van der Waals surface area contributed by atoms with Crippen LogP contribution in [0.3, 0.4) is 0 Å². The summed E-state index contributed by atoms with van der Waals surface area (Å²) in [5.41, 5.74) is 0.643. The molecule has 66 heavy (non-hydrogen) atoms. The topological polar surface area (TPSA) is 161 Å². The quantitative estimate of drug-likeness (QED) is 0.0431. The number of alkyl halides is 5. The lowest BCUT2D eigenvalue weighted by molar-refractivity contribution is -0.121. The molecule has 3 aromatic carbocycles. The van der Waals surface area contributed by atoms with Gasteiger partial charge in [-0.3, -0.25) is 15.0 Å². The first-order chi connectivity index (χ1) is 31.5. The van der Waals surface area contributed by atoms with E-state index in [2.05, 4.69) is 43.1 Å². The van der Waals surface area contributed by atoms with Gasteiger partial charge in [0.1, 0.15) is 23.2 Å². The third-order valence-corrected chi connectivity index (χ3v) is 12.6. The average Bonchev–Trinajstić information content (AvgIpc) is 4.12. The molecule has 0 spiro atoms. The molecule has 1 saturated heterocycles. The van der Waals surface area contributed by atoms with Crippen LogP contribution in [0.5, 0.6) is 0 Å². The van der Waals surface area contributed by atoms with Crippen LogP contribution in [0.2, 0.25) is 0 Å². The number of amides is 2. The van der Waals surface area contributed by atoms with Gasteiger partial charge >= 0.3 is 6.18 Å². The van der Waals surface area contributed by atoms with Gasteiger partial charge in [0.05, 0.1) is 40.4 Å². The minimum atomic E-state index is -5.23.